The Morgan fingerprint density at radius 3 is 2.19 bits per heavy atom. The minimum absolute atomic E-state index is 0.825. The summed E-state index contributed by atoms with van der Waals surface area (Å²) in [4.78, 5) is 9.71. The standard InChI is InChI=1S/C39H28N2O/c1-23-18-30-19-28(26-8-5-4-6-9-26)14-15-29(30)20-34(23)35-21-36(40-22-24(35)2)33-11-7-10-31-32-17-16-27-13-12-25(3)41-37(27)39(32)42-38(31)33/h4-22H,1-3H3. The van der Waals surface area contributed by atoms with Crippen LogP contribution in [-0.4, -0.2) is 9.97 Å². The third kappa shape index (κ3) is 3.89. The number of aryl methyl sites for hydroxylation is 3. The first kappa shape index (κ1) is 24.5. The topological polar surface area (TPSA) is 38.9 Å². The van der Waals surface area contributed by atoms with E-state index in [2.05, 4.69) is 117 Å². The number of pyridine rings is 2. The molecule has 0 saturated heterocycles. The van der Waals surface area contributed by atoms with Crippen LogP contribution in [0.4, 0.5) is 0 Å². The van der Waals surface area contributed by atoms with Crippen molar-refractivity contribution < 1.29 is 4.42 Å². The Balaban J connectivity index is 1.28. The zero-order valence-corrected chi connectivity index (χ0v) is 23.8. The molecule has 42 heavy (non-hydrogen) atoms. The zero-order valence-electron chi connectivity index (χ0n) is 23.8. The normalized spacial score (nSPS) is 11.7. The van der Waals surface area contributed by atoms with Gasteiger partial charge < -0.3 is 4.42 Å². The lowest BCUT2D eigenvalue weighted by Crippen LogP contribution is -1.93. The predicted octanol–water partition coefficient (Wildman–Crippen LogP) is 10.6. The Morgan fingerprint density at radius 1 is 0.524 bits per heavy atom. The number of para-hydroxylation sites is 1. The lowest BCUT2D eigenvalue weighted by molar-refractivity contribution is 0.672. The summed E-state index contributed by atoms with van der Waals surface area (Å²) in [6, 6.07) is 38.8. The maximum absolute atomic E-state index is 6.61. The van der Waals surface area contributed by atoms with Gasteiger partial charge in [-0.25, -0.2) is 4.98 Å². The average molecular weight is 541 g/mol. The van der Waals surface area contributed by atoms with Gasteiger partial charge in [0.05, 0.1) is 5.69 Å². The molecule has 8 aromatic rings. The Kier molecular flexibility index (Phi) is 5.48. The number of fused-ring (bicyclic) bond motifs is 6. The fraction of sp³-hybridized carbons (Fsp3) is 0.0769. The highest BCUT2D eigenvalue weighted by molar-refractivity contribution is 6.16. The minimum atomic E-state index is 0.825. The number of furan rings is 1. The molecule has 0 aliphatic carbocycles. The fourth-order valence-corrected chi connectivity index (χ4v) is 6.21. The van der Waals surface area contributed by atoms with Crippen LogP contribution in [0.2, 0.25) is 0 Å². The van der Waals surface area contributed by atoms with Crippen LogP contribution >= 0.6 is 0 Å². The molecule has 0 aliphatic heterocycles. The van der Waals surface area contributed by atoms with Crippen molar-refractivity contribution >= 4 is 43.6 Å². The highest BCUT2D eigenvalue weighted by atomic mass is 16.3. The molecule has 0 fully saturated rings. The molecule has 0 amide bonds. The van der Waals surface area contributed by atoms with Crippen molar-refractivity contribution in [2.24, 2.45) is 0 Å². The molecule has 0 saturated carbocycles. The Morgan fingerprint density at radius 2 is 1.31 bits per heavy atom. The minimum Gasteiger partial charge on any atom is -0.453 e. The van der Waals surface area contributed by atoms with E-state index >= 15 is 0 Å². The number of aromatic nitrogens is 2. The van der Waals surface area contributed by atoms with Crippen molar-refractivity contribution in [2.75, 3.05) is 0 Å². The number of hydrogen-bond acceptors (Lipinski definition) is 3. The molecule has 200 valence electrons. The van der Waals surface area contributed by atoms with Crippen molar-refractivity contribution in [3.05, 3.63) is 132 Å². The first-order valence-corrected chi connectivity index (χ1v) is 14.3. The van der Waals surface area contributed by atoms with Gasteiger partial charge in [-0.2, -0.15) is 0 Å². The van der Waals surface area contributed by atoms with E-state index in [0.717, 1.165) is 55.4 Å². The molecule has 3 nitrogen and oxygen atoms in total. The van der Waals surface area contributed by atoms with Gasteiger partial charge in [-0.15, -0.1) is 0 Å². The van der Waals surface area contributed by atoms with E-state index in [9.17, 15) is 0 Å². The van der Waals surface area contributed by atoms with E-state index in [4.69, 9.17) is 14.4 Å². The molecule has 3 aromatic heterocycles. The van der Waals surface area contributed by atoms with E-state index in [1.165, 1.54) is 38.6 Å². The molecular formula is C39H28N2O. The second kappa shape index (κ2) is 9.39. The summed E-state index contributed by atoms with van der Waals surface area (Å²) in [6.07, 6.45) is 1.98. The maximum atomic E-state index is 6.61. The SMILES string of the molecule is Cc1ccc2ccc3c4cccc(-c5cc(-c6cc7ccc(-c8ccccc8)cc7cc6C)c(C)cn5)c4oc3c2n1. The lowest BCUT2D eigenvalue weighted by atomic mass is 9.92. The molecule has 0 unspecified atom stereocenters. The van der Waals surface area contributed by atoms with Crippen molar-refractivity contribution in [3.8, 4) is 33.5 Å². The summed E-state index contributed by atoms with van der Waals surface area (Å²) in [5.41, 5.74) is 12.7. The lowest BCUT2D eigenvalue weighted by Gasteiger charge is -2.14. The summed E-state index contributed by atoms with van der Waals surface area (Å²) < 4.78 is 6.61. The van der Waals surface area contributed by atoms with Crippen LogP contribution in [0.3, 0.4) is 0 Å². The van der Waals surface area contributed by atoms with Gasteiger partial charge in [0.1, 0.15) is 11.1 Å². The number of nitrogens with zero attached hydrogens (tertiary/aromatic N) is 2. The van der Waals surface area contributed by atoms with Crippen molar-refractivity contribution in [1.29, 1.82) is 0 Å². The van der Waals surface area contributed by atoms with E-state index in [0.29, 0.717) is 0 Å². The quantitative estimate of drug-likeness (QED) is 0.224. The molecule has 3 heterocycles. The highest BCUT2D eigenvalue weighted by Crippen LogP contribution is 2.40. The molecular weight excluding hydrogens is 512 g/mol. The van der Waals surface area contributed by atoms with Gasteiger partial charge in [0.15, 0.2) is 5.58 Å². The molecule has 0 spiro atoms. The molecule has 0 bridgehead atoms. The summed E-state index contributed by atoms with van der Waals surface area (Å²) >= 11 is 0. The summed E-state index contributed by atoms with van der Waals surface area (Å²) in [5, 5.41) is 5.69. The van der Waals surface area contributed by atoms with Crippen LogP contribution in [0.25, 0.3) is 77.1 Å². The molecule has 8 rings (SSSR count). The average Bonchev–Trinajstić information content (AvgIpc) is 3.41. The number of benzene rings is 5. The van der Waals surface area contributed by atoms with E-state index < -0.39 is 0 Å². The molecule has 0 radical (unpaired) electrons. The van der Waals surface area contributed by atoms with Crippen LogP contribution in [0, 0.1) is 20.8 Å². The summed E-state index contributed by atoms with van der Waals surface area (Å²) in [6.45, 7) is 6.35. The van der Waals surface area contributed by atoms with Gasteiger partial charge in [-0.3, -0.25) is 4.98 Å². The largest absolute Gasteiger partial charge is 0.453 e. The van der Waals surface area contributed by atoms with Crippen LogP contribution < -0.4 is 0 Å². The molecule has 5 aromatic carbocycles. The monoisotopic (exact) mass is 540 g/mol. The van der Waals surface area contributed by atoms with Gasteiger partial charge in [-0.05, 0) is 101 Å². The second-order valence-corrected chi connectivity index (χ2v) is 11.2. The van der Waals surface area contributed by atoms with Crippen molar-refractivity contribution in [3.63, 3.8) is 0 Å². The summed E-state index contributed by atoms with van der Waals surface area (Å²) in [7, 11) is 0. The fourth-order valence-electron chi connectivity index (χ4n) is 6.21. The van der Waals surface area contributed by atoms with Gasteiger partial charge in [0.25, 0.3) is 0 Å². The Bertz CT molecular complexity index is 2330. The van der Waals surface area contributed by atoms with E-state index in [1.54, 1.807) is 0 Å². The maximum Gasteiger partial charge on any atom is 0.161 e. The van der Waals surface area contributed by atoms with Crippen molar-refractivity contribution in [1.82, 2.24) is 9.97 Å². The smallest absolute Gasteiger partial charge is 0.161 e. The van der Waals surface area contributed by atoms with Gasteiger partial charge in [0.2, 0.25) is 0 Å². The molecule has 0 N–H and O–H groups in total. The van der Waals surface area contributed by atoms with Crippen LogP contribution in [0.15, 0.2) is 120 Å². The van der Waals surface area contributed by atoms with Crippen LogP contribution in [-0.2, 0) is 0 Å². The van der Waals surface area contributed by atoms with Gasteiger partial charge in [-0.1, -0.05) is 72.8 Å². The number of rotatable bonds is 3. The van der Waals surface area contributed by atoms with Crippen molar-refractivity contribution in [2.45, 2.75) is 20.8 Å². The summed E-state index contributed by atoms with van der Waals surface area (Å²) in [5.74, 6) is 0. The molecule has 0 aliphatic rings. The zero-order chi connectivity index (χ0) is 28.4. The van der Waals surface area contributed by atoms with Gasteiger partial charge >= 0.3 is 0 Å². The van der Waals surface area contributed by atoms with Crippen LogP contribution in [0.1, 0.15) is 16.8 Å². The molecule has 0 atom stereocenters. The second-order valence-electron chi connectivity index (χ2n) is 11.2. The van der Waals surface area contributed by atoms with Crippen LogP contribution in [0.5, 0.6) is 0 Å². The van der Waals surface area contributed by atoms with Gasteiger partial charge in [0, 0.05) is 33.6 Å². The van der Waals surface area contributed by atoms with E-state index in [-0.39, 0.29) is 0 Å². The molecule has 3 heteroatoms. The first-order valence-electron chi connectivity index (χ1n) is 14.3. The number of hydrogen-bond donors (Lipinski definition) is 0. The third-order valence-corrected chi connectivity index (χ3v) is 8.42. The highest BCUT2D eigenvalue weighted by Gasteiger charge is 2.17. The van der Waals surface area contributed by atoms with E-state index in [1.807, 2.05) is 19.2 Å². The predicted molar refractivity (Wildman–Crippen MR) is 175 cm³/mol. The Labute approximate surface area is 244 Å². The first-order chi connectivity index (χ1) is 20.5. The third-order valence-electron chi connectivity index (χ3n) is 8.42. The Hall–Kier alpha value is -5.28.